The number of methoxy groups -OCH3 is 3. The summed E-state index contributed by atoms with van der Waals surface area (Å²) in [7, 11) is 4.62. The van der Waals surface area contributed by atoms with Gasteiger partial charge in [0.2, 0.25) is 5.75 Å². The second kappa shape index (κ2) is 8.48. The molecule has 25 heavy (non-hydrogen) atoms. The summed E-state index contributed by atoms with van der Waals surface area (Å²) in [5.41, 5.74) is 2.32. The lowest BCUT2D eigenvalue weighted by Gasteiger charge is -2.16. The lowest BCUT2D eigenvalue weighted by Crippen LogP contribution is -2.28. The van der Waals surface area contributed by atoms with Crippen molar-refractivity contribution in [2.24, 2.45) is 0 Å². The molecule has 0 atom stereocenters. The Morgan fingerprint density at radius 3 is 2.36 bits per heavy atom. The number of halogens is 1. The SMILES string of the molecule is COc1ccc(CNC(=O)Nc2ccc(C)cc2Cl)c(OC)c1OC. The highest BCUT2D eigenvalue weighted by Gasteiger charge is 2.16. The molecule has 2 amide bonds. The Morgan fingerprint density at radius 1 is 1.04 bits per heavy atom. The summed E-state index contributed by atoms with van der Waals surface area (Å²) in [4.78, 5) is 12.1. The molecule has 134 valence electrons. The number of nitrogens with one attached hydrogen (secondary N) is 2. The molecule has 0 aliphatic carbocycles. The van der Waals surface area contributed by atoms with E-state index >= 15 is 0 Å². The number of hydrogen-bond acceptors (Lipinski definition) is 4. The molecular formula is C18H21ClN2O4. The Hall–Kier alpha value is -2.60. The van der Waals surface area contributed by atoms with Crippen LogP contribution in [0.1, 0.15) is 11.1 Å². The Bertz CT molecular complexity index is 765. The van der Waals surface area contributed by atoms with Crippen molar-refractivity contribution in [2.45, 2.75) is 13.5 Å². The highest BCUT2D eigenvalue weighted by molar-refractivity contribution is 6.33. The summed E-state index contributed by atoms with van der Waals surface area (Å²) < 4.78 is 16.0. The molecular weight excluding hydrogens is 344 g/mol. The molecule has 0 aromatic heterocycles. The van der Waals surface area contributed by atoms with E-state index in [2.05, 4.69) is 10.6 Å². The summed E-state index contributed by atoms with van der Waals surface area (Å²) >= 11 is 6.12. The summed E-state index contributed by atoms with van der Waals surface area (Å²) in [6.45, 7) is 2.18. The summed E-state index contributed by atoms with van der Waals surface area (Å²) in [5.74, 6) is 1.54. The molecule has 2 aromatic rings. The third-order valence-corrected chi connectivity index (χ3v) is 3.91. The van der Waals surface area contributed by atoms with Crippen molar-refractivity contribution in [1.82, 2.24) is 5.32 Å². The maximum absolute atomic E-state index is 12.1. The van der Waals surface area contributed by atoms with E-state index in [0.717, 1.165) is 11.1 Å². The van der Waals surface area contributed by atoms with Crippen LogP contribution in [-0.2, 0) is 6.54 Å². The van der Waals surface area contributed by atoms with E-state index in [1.54, 1.807) is 31.4 Å². The monoisotopic (exact) mass is 364 g/mol. The molecule has 2 rings (SSSR count). The molecule has 0 unspecified atom stereocenters. The number of aryl methyl sites for hydroxylation is 1. The highest BCUT2D eigenvalue weighted by atomic mass is 35.5. The number of hydrogen-bond donors (Lipinski definition) is 2. The third kappa shape index (κ3) is 4.48. The number of amides is 2. The average Bonchev–Trinajstić information content (AvgIpc) is 2.61. The summed E-state index contributed by atoms with van der Waals surface area (Å²) in [6.07, 6.45) is 0. The molecule has 0 saturated heterocycles. The minimum atomic E-state index is -0.373. The fourth-order valence-corrected chi connectivity index (χ4v) is 2.65. The number of carbonyl (C=O) groups excluding carboxylic acids is 1. The van der Waals surface area contributed by atoms with Crippen LogP contribution in [0.2, 0.25) is 5.02 Å². The number of ether oxygens (including phenoxy) is 3. The van der Waals surface area contributed by atoms with Gasteiger partial charge in [-0.1, -0.05) is 17.7 Å². The normalized spacial score (nSPS) is 10.1. The van der Waals surface area contributed by atoms with Crippen LogP contribution in [-0.4, -0.2) is 27.4 Å². The van der Waals surface area contributed by atoms with E-state index in [9.17, 15) is 4.79 Å². The van der Waals surface area contributed by atoms with Crippen LogP contribution in [0.25, 0.3) is 0 Å². The number of anilines is 1. The van der Waals surface area contributed by atoms with Crippen LogP contribution in [0.4, 0.5) is 10.5 Å². The molecule has 2 N–H and O–H groups in total. The van der Waals surface area contributed by atoms with Gasteiger partial charge in [0.15, 0.2) is 11.5 Å². The van der Waals surface area contributed by atoms with Crippen LogP contribution in [0.3, 0.4) is 0 Å². The maximum atomic E-state index is 12.1. The Labute approximate surface area is 152 Å². The molecule has 0 aliphatic rings. The summed E-state index contributed by atoms with van der Waals surface area (Å²) in [5, 5.41) is 5.97. The zero-order valence-corrected chi connectivity index (χ0v) is 15.4. The second-order valence-electron chi connectivity index (χ2n) is 5.28. The lowest BCUT2D eigenvalue weighted by molar-refractivity contribution is 0.251. The second-order valence-corrected chi connectivity index (χ2v) is 5.69. The third-order valence-electron chi connectivity index (χ3n) is 3.60. The molecule has 0 bridgehead atoms. The van der Waals surface area contributed by atoms with Crippen molar-refractivity contribution >= 4 is 23.3 Å². The van der Waals surface area contributed by atoms with Gasteiger partial charge in [-0.25, -0.2) is 4.79 Å². The predicted octanol–water partition coefficient (Wildman–Crippen LogP) is 4.00. The van der Waals surface area contributed by atoms with Gasteiger partial charge >= 0.3 is 6.03 Å². The molecule has 0 spiro atoms. The van der Waals surface area contributed by atoms with Crippen LogP contribution >= 0.6 is 11.6 Å². The van der Waals surface area contributed by atoms with E-state index in [1.165, 1.54) is 14.2 Å². The Balaban J connectivity index is 2.09. The van der Waals surface area contributed by atoms with E-state index in [-0.39, 0.29) is 12.6 Å². The fraction of sp³-hybridized carbons (Fsp3) is 0.278. The van der Waals surface area contributed by atoms with Gasteiger partial charge < -0.3 is 24.8 Å². The zero-order chi connectivity index (χ0) is 18.4. The van der Waals surface area contributed by atoms with Crippen molar-refractivity contribution in [3.8, 4) is 17.2 Å². The number of urea groups is 1. The van der Waals surface area contributed by atoms with Crippen molar-refractivity contribution in [1.29, 1.82) is 0 Å². The Kier molecular flexibility index (Phi) is 6.36. The summed E-state index contributed by atoms with van der Waals surface area (Å²) in [6, 6.07) is 8.61. The van der Waals surface area contributed by atoms with Gasteiger partial charge in [0, 0.05) is 12.1 Å². The molecule has 2 aromatic carbocycles. The number of rotatable bonds is 6. The smallest absolute Gasteiger partial charge is 0.319 e. The van der Waals surface area contributed by atoms with E-state index < -0.39 is 0 Å². The number of carbonyl (C=O) groups is 1. The van der Waals surface area contributed by atoms with E-state index in [4.69, 9.17) is 25.8 Å². The topological polar surface area (TPSA) is 68.8 Å². The Morgan fingerprint density at radius 2 is 1.76 bits per heavy atom. The van der Waals surface area contributed by atoms with E-state index in [0.29, 0.717) is 28.0 Å². The van der Waals surface area contributed by atoms with Gasteiger partial charge in [-0.2, -0.15) is 0 Å². The van der Waals surface area contributed by atoms with Gasteiger partial charge in [-0.3, -0.25) is 0 Å². The first-order valence-electron chi connectivity index (χ1n) is 7.59. The van der Waals surface area contributed by atoms with Crippen molar-refractivity contribution in [3.05, 3.63) is 46.5 Å². The molecule has 0 radical (unpaired) electrons. The van der Waals surface area contributed by atoms with Crippen LogP contribution in [0.15, 0.2) is 30.3 Å². The zero-order valence-electron chi connectivity index (χ0n) is 14.6. The molecule has 0 aliphatic heterocycles. The van der Waals surface area contributed by atoms with Crippen molar-refractivity contribution < 1.29 is 19.0 Å². The van der Waals surface area contributed by atoms with Crippen LogP contribution in [0.5, 0.6) is 17.2 Å². The minimum absolute atomic E-state index is 0.249. The van der Waals surface area contributed by atoms with Gasteiger partial charge in [-0.05, 0) is 36.8 Å². The van der Waals surface area contributed by atoms with Gasteiger partial charge in [0.25, 0.3) is 0 Å². The highest BCUT2D eigenvalue weighted by Crippen LogP contribution is 2.39. The largest absolute Gasteiger partial charge is 0.493 e. The van der Waals surface area contributed by atoms with E-state index in [1.807, 2.05) is 13.0 Å². The minimum Gasteiger partial charge on any atom is -0.493 e. The van der Waals surface area contributed by atoms with Crippen molar-refractivity contribution in [3.63, 3.8) is 0 Å². The van der Waals surface area contributed by atoms with Gasteiger partial charge in [0.1, 0.15) is 0 Å². The standard InChI is InChI=1S/C18H21ClN2O4/c1-11-5-7-14(13(19)9-11)21-18(22)20-10-12-6-8-15(23-2)17(25-4)16(12)24-3/h5-9H,10H2,1-4H3,(H2,20,21,22). The first-order chi connectivity index (χ1) is 12.0. The first kappa shape index (κ1) is 18.7. The maximum Gasteiger partial charge on any atom is 0.319 e. The molecule has 6 nitrogen and oxygen atoms in total. The van der Waals surface area contributed by atoms with Crippen LogP contribution < -0.4 is 24.8 Å². The fourth-order valence-electron chi connectivity index (χ4n) is 2.37. The first-order valence-corrected chi connectivity index (χ1v) is 7.96. The predicted molar refractivity (Wildman–Crippen MR) is 98.1 cm³/mol. The molecule has 0 heterocycles. The number of benzene rings is 2. The average molecular weight is 365 g/mol. The van der Waals surface area contributed by atoms with Crippen LogP contribution in [0, 0.1) is 6.92 Å². The van der Waals surface area contributed by atoms with Gasteiger partial charge in [0.05, 0.1) is 32.0 Å². The van der Waals surface area contributed by atoms with Crippen molar-refractivity contribution in [2.75, 3.05) is 26.6 Å². The molecule has 0 saturated carbocycles. The molecule has 7 heteroatoms. The lowest BCUT2D eigenvalue weighted by atomic mass is 10.1. The molecule has 0 fully saturated rings. The van der Waals surface area contributed by atoms with Gasteiger partial charge in [-0.15, -0.1) is 0 Å². The quantitative estimate of drug-likeness (QED) is 0.813.